The van der Waals surface area contributed by atoms with Gasteiger partial charge in [-0.05, 0) is 25.5 Å². The fourth-order valence-electron chi connectivity index (χ4n) is 2.43. The normalized spacial score (nSPS) is 17.7. The molecule has 6 heteroatoms. The topological polar surface area (TPSA) is 70.3 Å². The van der Waals surface area contributed by atoms with E-state index in [0.717, 1.165) is 12.4 Å². The number of piperidine rings is 1. The third-order valence-corrected chi connectivity index (χ3v) is 3.68. The van der Waals surface area contributed by atoms with Crippen molar-refractivity contribution in [3.63, 3.8) is 0 Å². The molecule has 6 nitrogen and oxygen atoms in total. The van der Waals surface area contributed by atoms with E-state index in [9.17, 15) is 0 Å². The SMILES string of the molecule is CCN1CCC(N(C)c2ccnc(NN)n2)CC1. The second kappa shape index (κ2) is 5.97. The highest BCUT2D eigenvalue weighted by Gasteiger charge is 2.22. The second-order valence-corrected chi connectivity index (χ2v) is 4.66. The van der Waals surface area contributed by atoms with E-state index >= 15 is 0 Å². The van der Waals surface area contributed by atoms with E-state index in [1.54, 1.807) is 6.20 Å². The van der Waals surface area contributed by atoms with Crippen LogP contribution in [-0.4, -0.2) is 47.6 Å². The number of aromatic nitrogens is 2. The minimum absolute atomic E-state index is 0.463. The zero-order valence-electron chi connectivity index (χ0n) is 11.1. The Labute approximate surface area is 108 Å². The van der Waals surface area contributed by atoms with E-state index in [0.29, 0.717) is 12.0 Å². The van der Waals surface area contributed by atoms with Crippen LogP contribution in [0, 0.1) is 0 Å². The summed E-state index contributed by atoms with van der Waals surface area (Å²) < 4.78 is 0. The molecule has 0 radical (unpaired) electrons. The third kappa shape index (κ3) is 2.88. The molecule has 1 aromatic rings. The molecule has 0 bridgehead atoms. The number of rotatable bonds is 4. The molecule has 0 atom stereocenters. The Bertz CT molecular complexity index is 375. The molecule has 1 aliphatic heterocycles. The largest absolute Gasteiger partial charge is 0.356 e. The van der Waals surface area contributed by atoms with Gasteiger partial charge in [0.05, 0.1) is 0 Å². The van der Waals surface area contributed by atoms with E-state index in [2.05, 4.69) is 39.2 Å². The predicted molar refractivity (Wildman–Crippen MR) is 73.4 cm³/mol. The number of hydrazine groups is 1. The molecular formula is C12H22N6. The van der Waals surface area contributed by atoms with Gasteiger partial charge < -0.3 is 9.80 Å². The van der Waals surface area contributed by atoms with E-state index in [1.807, 2.05) is 6.07 Å². The van der Waals surface area contributed by atoms with Gasteiger partial charge in [-0.3, -0.25) is 5.43 Å². The van der Waals surface area contributed by atoms with Crippen molar-refractivity contribution in [2.45, 2.75) is 25.8 Å². The van der Waals surface area contributed by atoms with E-state index in [4.69, 9.17) is 5.84 Å². The Morgan fingerprint density at radius 1 is 1.50 bits per heavy atom. The number of hydrogen-bond acceptors (Lipinski definition) is 6. The molecule has 3 N–H and O–H groups in total. The molecule has 0 aromatic carbocycles. The Morgan fingerprint density at radius 3 is 2.83 bits per heavy atom. The molecule has 100 valence electrons. The molecule has 1 fully saturated rings. The highest BCUT2D eigenvalue weighted by molar-refractivity contribution is 5.42. The lowest BCUT2D eigenvalue weighted by Crippen LogP contribution is -2.43. The molecule has 1 aromatic heterocycles. The first-order valence-corrected chi connectivity index (χ1v) is 6.49. The minimum Gasteiger partial charge on any atom is -0.356 e. The summed E-state index contributed by atoms with van der Waals surface area (Å²) >= 11 is 0. The molecule has 0 amide bonds. The summed E-state index contributed by atoms with van der Waals surface area (Å²) in [4.78, 5) is 13.1. The summed E-state index contributed by atoms with van der Waals surface area (Å²) in [6.07, 6.45) is 4.09. The summed E-state index contributed by atoms with van der Waals surface area (Å²) in [5.41, 5.74) is 2.48. The number of anilines is 2. The van der Waals surface area contributed by atoms with Crippen molar-refractivity contribution in [1.29, 1.82) is 0 Å². The predicted octanol–water partition coefficient (Wildman–Crippen LogP) is 0.683. The van der Waals surface area contributed by atoms with Crippen LogP contribution >= 0.6 is 0 Å². The number of likely N-dealkylation sites (tertiary alicyclic amines) is 1. The van der Waals surface area contributed by atoms with Crippen molar-refractivity contribution in [1.82, 2.24) is 14.9 Å². The molecule has 1 saturated heterocycles. The standard InChI is InChI=1S/C12H22N6/c1-3-18-8-5-10(6-9-18)17(2)11-4-7-14-12(15-11)16-13/h4,7,10H,3,5-6,8-9,13H2,1-2H3,(H,14,15,16). The zero-order valence-corrected chi connectivity index (χ0v) is 11.1. The van der Waals surface area contributed by atoms with E-state index < -0.39 is 0 Å². The quantitative estimate of drug-likeness (QED) is 0.605. The highest BCUT2D eigenvalue weighted by Crippen LogP contribution is 2.20. The number of nitrogens with zero attached hydrogens (tertiary/aromatic N) is 4. The molecule has 2 rings (SSSR count). The smallest absolute Gasteiger partial charge is 0.239 e. The number of nitrogens with two attached hydrogens (primary N) is 1. The summed E-state index contributed by atoms with van der Waals surface area (Å²) in [5, 5.41) is 0. The maximum Gasteiger partial charge on any atom is 0.239 e. The lowest BCUT2D eigenvalue weighted by molar-refractivity contribution is 0.220. The van der Waals surface area contributed by atoms with Crippen LogP contribution < -0.4 is 16.2 Å². The van der Waals surface area contributed by atoms with Crippen LogP contribution in [0.2, 0.25) is 0 Å². The number of hydrogen-bond donors (Lipinski definition) is 2. The molecule has 1 aliphatic rings. The summed E-state index contributed by atoms with van der Waals surface area (Å²) in [6, 6.07) is 2.47. The molecule has 0 saturated carbocycles. The van der Waals surface area contributed by atoms with Crippen molar-refractivity contribution in [3.05, 3.63) is 12.3 Å². The maximum atomic E-state index is 5.33. The molecule has 0 unspecified atom stereocenters. The van der Waals surface area contributed by atoms with Crippen molar-refractivity contribution in [2.75, 3.05) is 37.0 Å². The van der Waals surface area contributed by atoms with Crippen molar-refractivity contribution in [2.24, 2.45) is 5.84 Å². The first-order chi connectivity index (χ1) is 8.74. The molecule has 0 aliphatic carbocycles. The fraction of sp³-hybridized carbons (Fsp3) is 0.667. The Kier molecular flexibility index (Phi) is 4.33. The fourth-order valence-corrected chi connectivity index (χ4v) is 2.43. The first-order valence-electron chi connectivity index (χ1n) is 6.49. The zero-order chi connectivity index (χ0) is 13.0. The van der Waals surface area contributed by atoms with Gasteiger partial charge in [-0.15, -0.1) is 0 Å². The van der Waals surface area contributed by atoms with Gasteiger partial charge in [0, 0.05) is 32.4 Å². The van der Waals surface area contributed by atoms with Crippen molar-refractivity contribution < 1.29 is 0 Å². The Morgan fingerprint density at radius 2 is 2.22 bits per heavy atom. The molecule has 18 heavy (non-hydrogen) atoms. The Balaban J connectivity index is 2.00. The van der Waals surface area contributed by atoms with Gasteiger partial charge >= 0.3 is 0 Å². The van der Waals surface area contributed by atoms with Crippen LogP contribution in [0.4, 0.5) is 11.8 Å². The summed E-state index contributed by atoms with van der Waals surface area (Å²) in [7, 11) is 2.09. The van der Waals surface area contributed by atoms with Crippen LogP contribution in [0.3, 0.4) is 0 Å². The first kappa shape index (κ1) is 13.0. The van der Waals surface area contributed by atoms with Crippen LogP contribution in [0.25, 0.3) is 0 Å². The maximum absolute atomic E-state index is 5.33. The van der Waals surface area contributed by atoms with Gasteiger partial charge in [-0.2, -0.15) is 4.98 Å². The number of nitrogens with one attached hydrogen (secondary N) is 1. The average molecular weight is 250 g/mol. The van der Waals surface area contributed by atoms with Crippen molar-refractivity contribution in [3.8, 4) is 0 Å². The monoisotopic (exact) mass is 250 g/mol. The van der Waals surface area contributed by atoms with Gasteiger partial charge in [0.1, 0.15) is 5.82 Å². The van der Waals surface area contributed by atoms with Gasteiger partial charge in [0.15, 0.2) is 0 Å². The third-order valence-electron chi connectivity index (χ3n) is 3.68. The summed E-state index contributed by atoms with van der Waals surface area (Å²) in [5.74, 6) is 6.72. The average Bonchev–Trinajstić information content (AvgIpc) is 2.46. The van der Waals surface area contributed by atoms with Gasteiger partial charge in [0.2, 0.25) is 5.95 Å². The van der Waals surface area contributed by atoms with E-state index in [1.165, 1.54) is 25.9 Å². The molecular weight excluding hydrogens is 228 g/mol. The van der Waals surface area contributed by atoms with Crippen LogP contribution in [0.1, 0.15) is 19.8 Å². The van der Waals surface area contributed by atoms with Gasteiger partial charge in [0.25, 0.3) is 0 Å². The van der Waals surface area contributed by atoms with Crippen molar-refractivity contribution >= 4 is 11.8 Å². The number of nitrogen functional groups attached to an aromatic ring is 1. The van der Waals surface area contributed by atoms with Gasteiger partial charge in [-0.25, -0.2) is 10.8 Å². The highest BCUT2D eigenvalue weighted by atomic mass is 15.3. The van der Waals surface area contributed by atoms with Crippen LogP contribution in [0.5, 0.6) is 0 Å². The lowest BCUT2D eigenvalue weighted by Gasteiger charge is -2.36. The molecule has 2 heterocycles. The Hall–Kier alpha value is -1.40. The second-order valence-electron chi connectivity index (χ2n) is 4.66. The lowest BCUT2D eigenvalue weighted by atomic mass is 10.0. The van der Waals surface area contributed by atoms with Crippen LogP contribution in [0.15, 0.2) is 12.3 Å². The van der Waals surface area contributed by atoms with Gasteiger partial charge in [-0.1, -0.05) is 6.92 Å². The van der Waals surface area contributed by atoms with E-state index in [-0.39, 0.29) is 0 Å². The summed E-state index contributed by atoms with van der Waals surface area (Å²) in [6.45, 7) is 5.69. The minimum atomic E-state index is 0.463. The van der Waals surface area contributed by atoms with Crippen LogP contribution in [-0.2, 0) is 0 Å². The molecule has 0 spiro atoms.